The molecule has 0 radical (unpaired) electrons. The molecule has 1 aromatic rings. The van der Waals surface area contributed by atoms with Crippen molar-refractivity contribution in [3.63, 3.8) is 0 Å². The lowest BCUT2D eigenvalue weighted by Crippen LogP contribution is -2.19. The Kier molecular flexibility index (Phi) is 6.10. The highest BCUT2D eigenvalue weighted by Crippen LogP contribution is 2.40. The number of hydrogen-bond donors (Lipinski definition) is 0. The standard InChI is InChI=1S/C22H30O3/c1-15(2)24-21(23)20-12-10-18(25-20)14-16(3)9-11-19-17(4)8-7-13-22(19,5)6/h9-12,14-15H,7-8,13H2,1-6H3/b11-9+,16-14+. The third kappa shape index (κ3) is 5.22. The molecule has 136 valence electrons. The molecule has 1 aromatic heterocycles. The van der Waals surface area contributed by atoms with Gasteiger partial charge in [-0.05, 0) is 81.7 Å². The third-order valence-corrected chi connectivity index (χ3v) is 4.60. The molecule has 0 spiro atoms. The van der Waals surface area contributed by atoms with E-state index in [0.29, 0.717) is 5.76 Å². The highest BCUT2D eigenvalue weighted by Gasteiger charge is 2.26. The zero-order valence-corrected chi connectivity index (χ0v) is 16.3. The molecular formula is C22H30O3. The van der Waals surface area contributed by atoms with Gasteiger partial charge < -0.3 is 9.15 Å². The van der Waals surface area contributed by atoms with Crippen molar-refractivity contribution in [1.29, 1.82) is 0 Å². The Labute approximate surface area is 151 Å². The summed E-state index contributed by atoms with van der Waals surface area (Å²) in [5.74, 6) is 0.475. The van der Waals surface area contributed by atoms with Gasteiger partial charge in [0.2, 0.25) is 5.76 Å². The summed E-state index contributed by atoms with van der Waals surface area (Å²) in [5.41, 5.74) is 4.24. The molecule has 0 N–H and O–H groups in total. The van der Waals surface area contributed by atoms with Crippen LogP contribution in [0.3, 0.4) is 0 Å². The van der Waals surface area contributed by atoms with Gasteiger partial charge in [-0.1, -0.05) is 31.6 Å². The largest absolute Gasteiger partial charge is 0.457 e. The lowest BCUT2D eigenvalue weighted by Gasteiger charge is -2.32. The van der Waals surface area contributed by atoms with Gasteiger partial charge in [-0.25, -0.2) is 4.79 Å². The lowest BCUT2D eigenvalue weighted by atomic mass is 9.72. The van der Waals surface area contributed by atoms with Crippen LogP contribution in [0.4, 0.5) is 0 Å². The first-order valence-electron chi connectivity index (χ1n) is 9.06. The van der Waals surface area contributed by atoms with Gasteiger partial charge in [-0.15, -0.1) is 0 Å². The zero-order valence-electron chi connectivity index (χ0n) is 16.3. The molecule has 0 aliphatic heterocycles. The van der Waals surface area contributed by atoms with Crippen molar-refractivity contribution >= 4 is 12.0 Å². The van der Waals surface area contributed by atoms with Crippen LogP contribution >= 0.6 is 0 Å². The van der Waals surface area contributed by atoms with E-state index >= 15 is 0 Å². The monoisotopic (exact) mass is 342 g/mol. The van der Waals surface area contributed by atoms with Crippen molar-refractivity contribution in [1.82, 2.24) is 0 Å². The Bertz CT molecular complexity index is 711. The molecule has 1 aliphatic rings. The molecule has 0 amide bonds. The van der Waals surface area contributed by atoms with E-state index in [4.69, 9.17) is 9.15 Å². The molecule has 0 unspecified atom stereocenters. The summed E-state index contributed by atoms with van der Waals surface area (Å²) in [6, 6.07) is 3.45. The van der Waals surface area contributed by atoms with E-state index in [-0.39, 0.29) is 17.3 Å². The fourth-order valence-electron chi connectivity index (χ4n) is 3.31. The SMILES string of the molecule is CC1=C(/C=C/C(C)=C/c2ccc(C(=O)OC(C)C)o2)C(C)(C)CCC1. The Balaban J connectivity index is 2.12. The normalized spacial score (nSPS) is 18.3. The predicted molar refractivity (Wildman–Crippen MR) is 102 cm³/mol. The maximum Gasteiger partial charge on any atom is 0.374 e. The van der Waals surface area contributed by atoms with Crippen LogP contribution in [0.5, 0.6) is 0 Å². The van der Waals surface area contributed by atoms with E-state index in [1.807, 2.05) is 26.8 Å². The van der Waals surface area contributed by atoms with Crippen molar-refractivity contribution < 1.29 is 13.9 Å². The summed E-state index contributed by atoms with van der Waals surface area (Å²) in [6.07, 6.45) is 9.83. The smallest absolute Gasteiger partial charge is 0.374 e. The Morgan fingerprint density at radius 3 is 2.68 bits per heavy atom. The fraction of sp³-hybridized carbons (Fsp3) is 0.500. The lowest BCUT2D eigenvalue weighted by molar-refractivity contribution is 0.0341. The van der Waals surface area contributed by atoms with E-state index in [1.54, 1.807) is 12.1 Å². The van der Waals surface area contributed by atoms with Crippen LogP contribution < -0.4 is 0 Å². The average Bonchev–Trinajstić information content (AvgIpc) is 2.94. The summed E-state index contributed by atoms with van der Waals surface area (Å²) >= 11 is 0. The van der Waals surface area contributed by atoms with E-state index in [2.05, 4.69) is 32.9 Å². The number of rotatable bonds is 5. The predicted octanol–water partition coefficient (Wildman–Crippen LogP) is 6.33. The van der Waals surface area contributed by atoms with Crippen molar-refractivity contribution in [2.45, 2.75) is 66.9 Å². The number of esters is 1. The highest BCUT2D eigenvalue weighted by molar-refractivity contribution is 5.86. The first-order chi connectivity index (χ1) is 11.7. The summed E-state index contributed by atoms with van der Waals surface area (Å²) in [5, 5.41) is 0. The number of carbonyl (C=O) groups is 1. The maximum absolute atomic E-state index is 11.8. The molecule has 0 bridgehead atoms. The number of furan rings is 1. The van der Waals surface area contributed by atoms with Crippen molar-refractivity contribution in [3.05, 3.63) is 52.5 Å². The quantitative estimate of drug-likeness (QED) is 0.463. The van der Waals surface area contributed by atoms with Gasteiger partial charge in [0.15, 0.2) is 0 Å². The summed E-state index contributed by atoms with van der Waals surface area (Å²) in [7, 11) is 0. The Hall–Kier alpha value is -2.03. The summed E-state index contributed by atoms with van der Waals surface area (Å²) in [4.78, 5) is 11.8. The molecule has 3 heteroatoms. The van der Waals surface area contributed by atoms with E-state index in [0.717, 1.165) is 5.57 Å². The Morgan fingerprint density at radius 1 is 1.32 bits per heavy atom. The van der Waals surface area contributed by atoms with E-state index in [9.17, 15) is 4.79 Å². The van der Waals surface area contributed by atoms with Crippen molar-refractivity contribution in [2.24, 2.45) is 5.41 Å². The second-order valence-electron chi connectivity index (χ2n) is 7.81. The topological polar surface area (TPSA) is 39.4 Å². The van der Waals surface area contributed by atoms with E-state index < -0.39 is 5.97 Å². The molecule has 2 rings (SSSR count). The second kappa shape index (κ2) is 7.90. The molecule has 25 heavy (non-hydrogen) atoms. The molecule has 1 heterocycles. The minimum absolute atomic E-state index is 0.156. The van der Waals surface area contributed by atoms with Gasteiger partial charge in [-0.2, -0.15) is 0 Å². The number of hydrogen-bond acceptors (Lipinski definition) is 3. The van der Waals surface area contributed by atoms with Crippen molar-refractivity contribution in [2.75, 3.05) is 0 Å². The maximum atomic E-state index is 11.8. The molecule has 0 saturated carbocycles. The molecule has 0 fully saturated rings. The molecule has 1 aliphatic carbocycles. The van der Waals surface area contributed by atoms with Crippen LogP contribution in [0, 0.1) is 5.41 Å². The zero-order chi connectivity index (χ0) is 18.6. The van der Waals surface area contributed by atoms with Gasteiger partial charge in [0.25, 0.3) is 0 Å². The molecule has 3 nitrogen and oxygen atoms in total. The van der Waals surface area contributed by atoms with Crippen LogP contribution in [0.1, 0.15) is 77.1 Å². The number of carbonyl (C=O) groups excluding carboxylic acids is 1. The fourth-order valence-corrected chi connectivity index (χ4v) is 3.31. The van der Waals surface area contributed by atoms with Gasteiger partial charge in [0.05, 0.1) is 6.10 Å². The van der Waals surface area contributed by atoms with Gasteiger partial charge in [-0.3, -0.25) is 0 Å². The Morgan fingerprint density at radius 2 is 2.04 bits per heavy atom. The highest BCUT2D eigenvalue weighted by atomic mass is 16.6. The summed E-state index contributed by atoms with van der Waals surface area (Å²) < 4.78 is 10.7. The number of ether oxygens (including phenoxy) is 1. The van der Waals surface area contributed by atoms with Gasteiger partial charge in [0, 0.05) is 0 Å². The van der Waals surface area contributed by atoms with Crippen LogP contribution in [-0.4, -0.2) is 12.1 Å². The average molecular weight is 342 g/mol. The third-order valence-electron chi connectivity index (χ3n) is 4.60. The van der Waals surface area contributed by atoms with Crippen LogP contribution in [0.25, 0.3) is 6.08 Å². The first kappa shape index (κ1) is 19.3. The summed E-state index contributed by atoms with van der Waals surface area (Å²) in [6.45, 7) is 12.5. The molecule has 0 saturated heterocycles. The van der Waals surface area contributed by atoms with Crippen molar-refractivity contribution in [3.8, 4) is 0 Å². The first-order valence-corrected chi connectivity index (χ1v) is 9.06. The minimum Gasteiger partial charge on any atom is -0.457 e. The second-order valence-corrected chi connectivity index (χ2v) is 7.81. The molecule has 0 atom stereocenters. The van der Waals surface area contributed by atoms with Crippen LogP contribution in [0.15, 0.2) is 45.4 Å². The van der Waals surface area contributed by atoms with Crippen LogP contribution in [-0.2, 0) is 4.74 Å². The molecule has 0 aromatic carbocycles. The number of allylic oxidation sites excluding steroid dienone is 5. The van der Waals surface area contributed by atoms with Crippen LogP contribution in [0.2, 0.25) is 0 Å². The molecular weight excluding hydrogens is 312 g/mol. The van der Waals surface area contributed by atoms with Gasteiger partial charge >= 0.3 is 5.97 Å². The minimum atomic E-state index is -0.424. The van der Waals surface area contributed by atoms with Gasteiger partial charge in [0.1, 0.15) is 5.76 Å². The van der Waals surface area contributed by atoms with E-state index in [1.165, 1.54) is 30.4 Å².